The molecule has 5 nitrogen and oxygen atoms in total. The van der Waals surface area contributed by atoms with Crippen LogP contribution in [0.25, 0.3) is 0 Å². The van der Waals surface area contributed by atoms with E-state index in [1.165, 1.54) is 6.07 Å². The van der Waals surface area contributed by atoms with E-state index in [4.69, 9.17) is 11.6 Å². The van der Waals surface area contributed by atoms with E-state index in [0.717, 1.165) is 5.69 Å². The van der Waals surface area contributed by atoms with Crippen LogP contribution in [-0.2, 0) is 16.7 Å². The second-order valence-corrected chi connectivity index (χ2v) is 6.00. The van der Waals surface area contributed by atoms with E-state index >= 15 is 0 Å². The first-order valence-corrected chi connectivity index (χ1v) is 7.57. The van der Waals surface area contributed by atoms with Crippen molar-refractivity contribution in [1.82, 2.24) is 0 Å². The molecule has 0 aromatic heterocycles. The summed E-state index contributed by atoms with van der Waals surface area (Å²) in [5.74, 6) is 1.41. The van der Waals surface area contributed by atoms with Gasteiger partial charge in [0.15, 0.2) is 0 Å². The van der Waals surface area contributed by atoms with Crippen molar-refractivity contribution in [1.29, 1.82) is 0 Å². The van der Waals surface area contributed by atoms with Crippen molar-refractivity contribution in [3.8, 4) is 0 Å². The van der Waals surface area contributed by atoms with Gasteiger partial charge >= 0.3 is 0 Å². The lowest BCUT2D eigenvalue weighted by Crippen LogP contribution is -2.37. The zero-order chi connectivity index (χ0) is 13.1. The van der Waals surface area contributed by atoms with Crippen LogP contribution in [-0.4, -0.2) is 33.7 Å². The standard InChI is InChI=1S/C11H13ClN2O3S/c12-8-9-7-10(1-2-11(9)14(15)16)13-3-5-18(17)6-4-13/h1-2,7H,3-6,8H2. The van der Waals surface area contributed by atoms with Gasteiger partial charge in [-0.15, -0.1) is 11.6 Å². The zero-order valence-electron chi connectivity index (χ0n) is 9.67. The monoisotopic (exact) mass is 288 g/mol. The number of nitro benzene ring substituents is 1. The van der Waals surface area contributed by atoms with E-state index in [2.05, 4.69) is 4.90 Å². The van der Waals surface area contributed by atoms with Gasteiger partial charge in [-0.1, -0.05) is 0 Å². The first-order valence-electron chi connectivity index (χ1n) is 5.55. The van der Waals surface area contributed by atoms with Crippen LogP contribution in [0.4, 0.5) is 11.4 Å². The highest BCUT2D eigenvalue weighted by Crippen LogP contribution is 2.26. The van der Waals surface area contributed by atoms with E-state index in [0.29, 0.717) is 30.2 Å². The fraction of sp³-hybridized carbons (Fsp3) is 0.455. The molecule has 1 aliphatic heterocycles. The Hall–Kier alpha value is -1.14. The van der Waals surface area contributed by atoms with Crippen LogP contribution >= 0.6 is 11.6 Å². The summed E-state index contributed by atoms with van der Waals surface area (Å²) < 4.78 is 11.3. The number of rotatable bonds is 3. The minimum Gasteiger partial charge on any atom is -0.370 e. The third kappa shape index (κ3) is 2.81. The van der Waals surface area contributed by atoms with Crippen molar-refractivity contribution in [2.45, 2.75) is 5.88 Å². The number of hydrogen-bond acceptors (Lipinski definition) is 4. The average molecular weight is 289 g/mol. The maximum atomic E-state index is 11.3. The molecule has 1 aromatic rings. The maximum Gasteiger partial charge on any atom is 0.273 e. The molecule has 0 spiro atoms. The second-order valence-electron chi connectivity index (χ2n) is 4.04. The van der Waals surface area contributed by atoms with Gasteiger partial charge in [0.2, 0.25) is 0 Å². The Balaban J connectivity index is 2.24. The molecule has 0 atom stereocenters. The van der Waals surface area contributed by atoms with Crippen LogP contribution in [0.5, 0.6) is 0 Å². The summed E-state index contributed by atoms with van der Waals surface area (Å²) in [6.07, 6.45) is 0. The summed E-state index contributed by atoms with van der Waals surface area (Å²) >= 11 is 5.74. The Kier molecular flexibility index (Phi) is 4.19. The van der Waals surface area contributed by atoms with Crippen LogP contribution in [0.1, 0.15) is 5.56 Å². The summed E-state index contributed by atoms with van der Waals surface area (Å²) in [6, 6.07) is 4.96. The summed E-state index contributed by atoms with van der Waals surface area (Å²) in [6.45, 7) is 1.43. The number of benzene rings is 1. The largest absolute Gasteiger partial charge is 0.370 e. The molecule has 1 heterocycles. The Morgan fingerprint density at radius 3 is 2.61 bits per heavy atom. The molecule has 0 saturated carbocycles. The molecule has 0 N–H and O–H groups in total. The lowest BCUT2D eigenvalue weighted by molar-refractivity contribution is -0.385. The Bertz CT molecular complexity index is 485. The zero-order valence-corrected chi connectivity index (χ0v) is 11.2. The molecule has 0 unspecified atom stereocenters. The van der Waals surface area contributed by atoms with Crippen LogP contribution in [0.3, 0.4) is 0 Å². The summed E-state index contributed by atoms with van der Waals surface area (Å²) in [5, 5.41) is 10.8. The normalized spacial score (nSPS) is 16.8. The molecule has 1 aromatic carbocycles. The summed E-state index contributed by atoms with van der Waals surface area (Å²) in [7, 11) is -0.729. The Morgan fingerprint density at radius 2 is 2.06 bits per heavy atom. The Morgan fingerprint density at radius 1 is 1.39 bits per heavy atom. The number of hydrogen-bond donors (Lipinski definition) is 0. The number of halogens is 1. The minimum absolute atomic E-state index is 0.0503. The highest BCUT2D eigenvalue weighted by molar-refractivity contribution is 7.85. The molecule has 0 bridgehead atoms. The van der Waals surface area contributed by atoms with Crippen molar-refractivity contribution in [2.24, 2.45) is 0 Å². The first-order chi connectivity index (χ1) is 8.61. The maximum absolute atomic E-state index is 11.3. The van der Waals surface area contributed by atoms with E-state index in [1.807, 2.05) is 0 Å². The highest BCUT2D eigenvalue weighted by Gasteiger charge is 2.19. The molecule has 0 aliphatic carbocycles. The van der Waals surface area contributed by atoms with Gasteiger partial charge in [0.05, 0.1) is 10.8 Å². The van der Waals surface area contributed by atoms with Crippen molar-refractivity contribution >= 4 is 33.8 Å². The molecule has 7 heteroatoms. The number of nitrogens with zero attached hydrogens (tertiary/aromatic N) is 2. The first kappa shape index (κ1) is 13.3. The van der Waals surface area contributed by atoms with E-state index in [9.17, 15) is 14.3 Å². The number of anilines is 1. The molecular formula is C11H13ClN2O3S. The molecule has 0 amide bonds. The van der Waals surface area contributed by atoms with Gasteiger partial charge in [0.1, 0.15) is 0 Å². The fourth-order valence-corrected chi connectivity index (χ4v) is 3.22. The topological polar surface area (TPSA) is 63.5 Å². The van der Waals surface area contributed by atoms with E-state index in [-0.39, 0.29) is 11.6 Å². The predicted octanol–water partition coefficient (Wildman–Crippen LogP) is 1.90. The van der Waals surface area contributed by atoms with Gasteiger partial charge in [0.25, 0.3) is 5.69 Å². The lowest BCUT2D eigenvalue weighted by Gasteiger charge is -2.28. The highest BCUT2D eigenvalue weighted by atomic mass is 35.5. The van der Waals surface area contributed by atoms with Crippen LogP contribution < -0.4 is 4.90 Å². The van der Waals surface area contributed by atoms with Gasteiger partial charge < -0.3 is 4.90 Å². The fourth-order valence-electron chi connectivity index (χ4n) is 1.95. The lowest BCUT2D eigenvalue weighted by atomic mass is 10.1. The van der Waals surface area contributed by atoms with Crippen LogP contribution in [0.15, 0.2) is 18.2 Å². The van der Waals surface area contributed by atoms with Crippen molar-refractivity contribution in [3.05, 3.63) is 33.9 Å². The molecular weight excluding hydrogens is 276 g/mol. The van der Waals surface area contributed by atoms with Gasteiger partial charge in [-0.25, -0.2) is 0 Å². The minimum atomic E-state index is -0.729. The quantitative estimate of drug-likeness (QED) is 0.484. The van der Waals surface area contributed by atoms with E-state index < -0.39 is 15.7 Å². The van der Waals surface area contributed by atoms with Gasteiger partial charge in [-0.05, 0) is 12.1 Å². The van der Waals surface area contributed by atoms with Gasteiger partial charge in [0, 0.05) is 52.7 Å². The number of nitro groups is 1. The van der Waals surface area contributed by atoms with Gasteiger partial charge in [-0.2, -0.15) is 0 Å². The molecule has 1 fully saturated rings. The SMILES string of the molecule is O=[N+]([O-])c1ccc(N2CCS(=O)CC2)cc1CCl. The van der Waals surface area contributed by atoms with Crippen LogP contribution in [0, 0.1) is 10.1 Å². The molecule has 2 rings (SSSR count). The average Bonchev–Trinajstić information content (AvgIpc) is 2.38. The van der Waals surface area contributed by atoms with Crippen molar-refractivity contribution in [3.63, 3.8) is 0 Å². The summed E-state index contributed by atoms with van der Waals surface area (Å²) in [4.78, 5) is 12.5. The van der Waals surface area contributed by atoms with Crippen molar-refractivity contribution < 1.29 is 9.13 Å². The van der Waals surface area contributed by atoms with E-state index in [1.54, 1.807) is 12.1 Å². The predicted molar refractivity (Wildman–Crippen MR) is 72.7 cm³/mol. The smallest absolute Gasteiger partial charge is 0.273 e. The third-order valence-corrected chi connectivity index (χ3v) is 4.51. The Labute approximate surface area is 112 Å². The van der Waals surface area contributed by atoms with Crippen molar-refractivity contribution in [2.75, 3.05) is 29.5 Å². The number of alkyl halides is 1. The third-order valence-electron chi connectivity index (χ3n) is 2.95. The second kappa shape index (κ2) is 5.67. The molecule has 0 radical (unpaired) electrons. The van der Waals surface area contributed by atoms with Crippen LogP contribution in [0.2, 0.25) is 0 Å². The summed E-state index contributed by atoms with van der Waals surface area (Å²) in [5.41, 5.74) is 1.48. The molecule has 1 saturated heterocycles. The molecule has 18 heavy (non-hydrogen) atoms. The molecule has 1 aliphatic rings. The molecule has 98 valence electrons. The van der Waals surface area contributed by atoms with Gasteiger partial charge in [-0.3, -0.25) is 14.3 Å².